The van der Waals surface area contributed by atoms with Gasteiger partial charge in [-0.25, -0.2) is 9.97 Å². The van der Waals surface area contributed by atoms with Gasteiger partial charge in [0.2, 0.25) is 5.88 Å². The molecule has 2 unspecified atom stereocenters. The number of amides is 1. The van der Waals surface area contributed by atoms with Crippen molar-refractivity contribution in [2.45, 2.75) is 26.2 Å². The number of hydrogen-bond acceptors (Lipinski definition) is 6. The van der Waals surface area contributed by atoms with Crippen molar-refractivity contribution in [3.63, 3.8) is 0 Å². The third kappa shape index (κ3) is 3.31. The number of carbonyl (C=O) groups is 1. The smallest absolute Gasteiger partial charge is 0.260 e. The molecule has 0 aliphatic carbocycles. The molecule has 2 aliphatic rings. The largest absolute Gasteiger partial charge is 0.479 e. The van der Waals surface area contributed by atoms with E-state index >= 15 is 0 Å². The lowest BCUT2D eigenvalue weighted by Gasteiger charge is -2.24. The summed E-state index contributed by atoms with van der Waals surface area (Å²) in [5.74, 6) is 2.30. The Morgan fingerprint density at radius 1 is 1.14 bits per heavy atom. The molecule has 2 aliphatic heterocycles. The lowest BCUT2D eigenvalue weighted by atomic mass is 9.92. The number of aromatic nitrogens is 4. The van der Waals surface area contributed by atoms with Gasteiger partial charge in [-0.2, -0.15) is 0 Å². The van der Waals surface area contributed by atoms with E-state index in [0.717, 1.165) is 37.7 Å². The SMILES string of the molecule is COc1nn(C)cc1C(=O)N1CC2CN(c3cc(C(C)(C)C)ncn3)CC2C1. The standard InChI is InChI=1S/C20H28N6O2/c1-20(2,3)16-6-17(22-12-21-16)25-7-13-9-26(10-14(13)8-25)19(27)15-11-24(4)23-18(15)28-5/h6,11-14H,7-10H2,1-5H3. The molecule has 28 heavy (non-hydrogen) atoms. The Morgan fingerprint density at radius 2 is 1.82 bits per heavy atom. The zero-order valence-electron chi connectivity index (χ0n) is 17.2. The highest BCUT2D eigenvalue weighted by molar-refractivity contribution is 5.96. The molecule has 2 aromatic rings. The van der Waals surface area contributed by atoms with Crippen molar-refractivity contribution in [3.05, 3.63) is 29.8 Å². The third-order valence-corrected chi connectivity index (χ3v) is 5.74. The number of hydrogen-bond donors (Lipinski definition) is 0. The molecule has 2 fully saturated rings. The maximum atomic E-state index is 12.9. The lowest BCUT2D eigenvalue weighted by molar-refractivity contribution is 0.0779. The van der Waals surface area contributed by atoms with E-state index < -0.39 is 0 Å². The van der Waals surface area contributed by atoms with Gasteiger partial charge in [0.25, 0.3) is 5.91 Å². The van der Waals surface area contributed by atoms with Gasteiger partial charge in [0.15, 0.2) is 0 Å². The first-order valence-corrected chi connectivity index (χ1v) is 9.70. The minimum absolute atomic E-state index is 0.000715. The van der Waals surface area contributed by atoms with Crippen LogP contribution >= 0.6 is 0 Å². The summed E-state index contributed by atoms with van der Waals surface area (Å²) in [4.78, 5) is 26.1. The maximum absolute atomic E-state index is 12.9. The Morgan fingerprint density at radius 3 is 2.43 bits per heavy atom. The second-order valence-corrected chi connectivity index (χ2v) is 8.87. The van der Waals surface area contributed by atoms with Crippen molar-refractivity contribution in [3.8, 4) is 5.88 Å². The van der Waals surface area contributed by atoms with Crippen molar-refractivity contribution in [1.29, 1.82) is 0 Å². The van der Waals surface area contributed by atoms with E-state index in [-0.39, 0.29) is 11.3 Å². The van der Waals surface area contributed by atoms with Gasteiger partial charge in [0, 0.05) is 62.7 Å². The summed E-state index contributed by atoms with van der Waals surface area (Å²) in [6.45, 7) is 9.83. The highest BCUT2D eigenvalue weighted by Crippen LogP contribution is 2.35. The van der Waals surface area contributed by atoms with E-state index in [0.29, 0.717) is 23.3 Å². The summed E-state index contributed by atoms with van der Waals surface area (Å²) in [6.07, 6.45) is 3.39. The monoisotopic (exact) mass is 384 g/mol. The average molecular weight is 384 g/mol. The van der Waals surface area contributed by atoms with Gasteiger partial charge >= 0.3 is 0 Å². The number of anilines is 1. The van der Waals surface area contributed by atoms with Crippen LogP contribution in [0.2, 0.25) is 0 Å². The average Bonchev–Trinajstić information content (AvgIpc) is 3.32. The van der Waals surface area contributed by atoms with E-state index in [2.05, 4.69) is 46.8 Å². The first-order chi connectivity index (χ1) is 13.3. The van der Waals surface area contributed by atoms with Gasteiger partial charge in [-0.05, 0) is 0 Å². The molecule has 4 rings (SSSR count). The van der Waals surface area contributed by atoms with Crippen molar-refractivity contribution in [2.75, 3.05) is 38.2 Å². The first kappa shape index (κ1) is 18.7. The number of fused-ring (bicyclic) bond motifs is 1. The van der Waals surface area contributed by atoms with Crippen LogP contribution < -0.4 is 9.64 Å². The molecule has 8 nitrogen and oxygen atoms in total. The van der Waals surface area contributed by atoms with Crippen molar-refractivity contribution in [1.82, 2.24) is 24.6 Å². The van der Waals surface area contributed by atoms with Crippen LogP contribution in [0.4, 0.5) is 5.82 Å². The molecule has 1 amide bonds. The molecule has 2 aromatic heterocycles. The second-order valence-electron chi connectivity index (χ2n) is 8.87. The molecule has 0 saturated carbocycles. The van der Waals surface area contributed by atoms with Crippen LogP contribution in [-0.2, 0) is 12.5 Å². The quantitative estimate of drug-likeness (QED) is 0.802. The van der Waals surface area contributed by atoms with Crippen LogP contribution in [0, 0.1) is 11.8 Å². The zero-order valence-corrected chi connectivity index (χ0v) is 17.2. The van der Waals surface area contributed by atoms with E-state index in [9.17, 15) is 4.79 Å². The molecule has 0 radical (unpaired) electrons. The van der Waals surface area contributed by atoms with Crippen LogP contribution in [0.15, 0.2) is 18.6 Å². The van der Waals surface area contributed by atoms with Crippen LogP contribution in [0.3, 0.4) is 0 Å². The number of rotatable bonds is 3. The summed E-state index contributed by atoms with van der Waals surface area (Å²) in [6, 6.07) is 2.10. The highest BCUT2D eigenvalue weighted by Gasteiger charge is 2.43. The fourth-order valence-corrected chi connectivity index (χ4v) is 4.21. The van der Waals surface area contributed by atoms with Crippen molar-refractivity contribution < 1.29 is 9.53 Å². The normalized spacial score (nSPS) is 21.9. The highest BCUT2D eigenvalue weighted by atomic mass is 16.5. The predicted octanol–water partition coefficient (Wildman–Crippen LogP) is 1.72. The first-order valence-electron chi connectivity index (χ1n) is 9.70. The molecule has 150 valence electrons. The number of likely N-dealkylation sites (tertiary alicyclic amines) is 1. The van der Waals surface area contributed by atoms with Gasteiger partial charge in [0.05, 0.1) is 12.8 Å². The summed E-state index contributed by atoms with van der Waals surface area (Å²) in [7, 11) is 3.34. The molecule has 8 heteroatoms. The summed E-state index contributed by atoms with van der Waals surface area (Å²) in [5.41, 5.74) is 1.58. The summed E-state index contributed by atoms with van der Waals surface area (Å²) >= 11 is 0. The molecule has 2 saturated heterocycles. The Bertz CT molecular complexity index is 873. The van der Waals surface area contributed by atoms with Crippen LogP contribution in [0.25, 0.3) is 0 Å². The van der Waals surface area contributed by atoms with Crippen LogP contribution in [0.5, 0.6) is 5.88 Å². The fourth-order valence-electron chi connectivity index (χ4n) is 4.21. The van der Waals surface area contributed by atoms with Gasteiger partial charge in [-0.3, -0.25) is 9.48 Å². The lowest BCUT2D eigenvalue weighted by Crippen LogP contribution is -2.33. The van der Waals surface area contributed by atoms with E-state index in [1.165, 1.54) is 0 Å². The van der Waals surface area contributed by atoms with Gasteiger partial charge in [-0.15, -0.1) is 5.10 Å². The Labute approximate surface area is 165 Å². The summed E-state index contributed by atoms with van der Waals surface area (Å²) < 4.78 is 6.87. The maximum Gasteiger partial charge on any atom is 0.260 e. The van der Waals surface area contributed by atoms with Gasteiger partial charge in [0.1, 0.15) is 17.7 Å². The summed E-state index contributed by atoms with van der Waals surface area (Å²) in [5, 5.41) is 4.20. The fraction of sp³-hybridized carbons (Fsp3) is 0.600. The van der Waals surface area contributed by atoms with E-state index in [1.807, 2.05) is 4.90 Å². The van der Waals surface area contributed by atoms with Crippen molar-refractivity contribution in [2.24, 2.45) is 18.9 Å². The van der Waals surface area contributed by atoms with Crippen LogP contribution in [0.1, 0.15) is 36.8 Å². The van der Waals surface area contributed by atoms with Gasteiger partial charge < -0.3 is 14.5 Å². The molecular weight excluding hydrogens is 356 g/mol. The predicted molar refractivity (Wildman–Crippen MR) is 106 cm³/mol. The minimum atomic E-state index is -0.000715. The van der Waals surface area contributed by atoms with Gasteiger partial charge in [-0.1, -0.05) is 20.8 Å². The second kappa shape index (κ2) is 6.76. The topological polar surface area (TPSA) is 76.4 Å². The minimum Gasteiger partial charge on any atom is -0.479 e. The number of carbonyl (C=O) groups excluding carboxylic acids is 1. The third-order valence-electron chi connectivity index (χ3n) is 5.74. The Kier molecular flexibility index (Phi) is 4.51. The molecule has 4 heterocycles. The number of nitrogens with zero attached hydrogens (tertiary/aromatic N) is 6. The number of ether oxygens (including phenoxy) is 1. The van der Waals surface area contributed by atoms with Crippen molar-refractivity contribution >= 4 is 11.7 Å². The zero-order chi connectivity index (χ0) is 20.1. The molecule has 0 spiro atoms. The Hall–Kier alpha value is -2.64. The van der Waals surface area contributed by atoms with E-state index in [4.69, 9.17) is 4.74 Å². The number of methoxy groups -OCH3 is 1. The molecule has 0 N–H and O–H groups in total. The Balaban J connectivity index is 1.44. The molecule has 0 bridgehead atoms. The molecule has 0 aromatic carbocycles. The molecule has 2 atom stereocenters. The van der Waals surface area contributed by atoms with E-state index in [1.54, 1.807) is 31.4 Å². The van der Waals surface area contributed by atoms with Crippen LogP contribution in [-0.4, -0.2) is 63.8 Å². The molecular formula is C20H28N6O2. The number of aryl methyl sites for hydroxylation is 1.